The lowest BCUT2D eigenvalue weighted by Crippen LogP contribution is -2.46. The zero-order valence-electron chi connectivity index (χ0n) is 14.0. The minimum atomic E-state index is -1.72. The van der Waals surface area contributed by atoms with Gasteiger partial charge in [-0.1, -0.05) is 26.8 Å². The van der Waals surface area contributed by atoms with Crippen molar-refractivity contribution in [1.29, 1.82) is 0 Å². The first-order chi connectivity index (χ1) is 9.24. The molecule has 2 atom stereocenters. The smallest absolute Gasteiger partial charge is 0.192 e. The summed E-state index contributed by atoms with van der Waals surface area (Å²) < 4.78 is 12.8. The molecule has 0 aromatic rings. The van der Waals surface area contributed by atoms with Gasteiger partial charge in [0, 0.05) is 12.8 Å². The topological polar surface area (TPSA) is 18.5 Å². The van der Waals surface area contributed by atoms with Crippen LogP contribution in [0.2, 0.25) is 18.1 Å². The lowest BCUT2D eigenvalue weighted by Gasteiger charge is -2.42. The van der Waals surface area contributed by atoms with Gasteiger partial charge in [-0.2, -0.15) is 0 Å². The van der Waals surface area contributed by atoms with Gasteiger partial charge in [-0.25, -0.2) is 0 Å². The molecule has 0 N–H and O–H groups in total. The van der Waals surface area contributed by atoms with Gasteiger partial charge in [0.2, 0.25) is 0 Å². The number of allylic oxidation sites excluding steroid dienone is 2. The van der Waals surface area contributed by atoms with Crippen molar-refractivity contribution >= 4 is 8.32 Å². The molecule has 0 saturated carbocycles. The van der Waals surface area contributed by atoms with Gasteiger partial charge >= 0.3 is 0 Å². The molecule has 0 radical (unpaired) electrons. The summed E-state index contributed by atoms with van der Waals surface area (Å²) in [7, 11) is -1.72. The average molecular weight is 295 g/mol. The van der Waals surface area contributed by atoms with Crippen molar-refractivity contribution in [1.82, 2.24) is 0 Å². The molecule has 2 rings (SSSR count). The molecule has 1 aliphatic heterocycles. The molecule has 0 aromatic carbocycles. The van der Waals surface area contributed by atoms with Gasteiger partial charge in [-0.3, -0.25) is 0 Å². The van der Waals surface area contributed by atoms with Crippen LogP contribution in [0.5, 0.6) is 0 Å². The molecule has 0 spiro atoms. The third kappa shape index (κ3) is 3.20. The fourth-order valence-corrected chi connectivity index (χ4v) is 4.09. The van der Waals surface area contributed by atoms with Crippen LogP contribution in [0.3, 0.4) is 0 Å². The van der Waals surface area contributed by atoms with E-state index < -0.39 is 8.32 Å². The Morgan fingerprint density at radius 2 is 1.95 bits per heavy atom. The highest BCUT2D eigenvalue weighted by atomic mass is 28.4. The van der Waals surface area contributed by atoms with Gasteiger partial charge in [0.1, 0.15) is 6.10 Å². The number of hydrogen-bond donors (Lipinski definition) is 0. The normalized spacial score (nSPS) is 27.9. The van der Waals surface area contributed by atoms with Crippen LogP contribution >= 0.6 is 0 Å². The molecular formula is C17H30O2Si. The van der Waals surface area contributed by atoms with Gasteiger partial charge in [0.25, 0.3) is 0 Å². The maximum absolute atomic E-state index is 6.70. The van der Waals surface area contributed by atoms with E-state index in [9.17, 15) is 0 Å². The van der Waals surface area contributed by atoms with E-state index in [1.807, 2.05) is 0 Å². The Hall–Kier alpha value is -0.543. The van der Waals surface area contributed by atoms with Gasteiger partial charge in [-0.15, -0.1) is 0 Å². The minimum absolute atomic E-state index is 0.201. The van der Waals surface area contributed by atoms with E-state index in [1.165, 1.54) is 17.8 Å². The molecule has 0 unspecified atom stereocenters. The van der Waals surface area contributed by atoms with Crippen molar-refractivity contribution in [2.24, 2.45) is 0 Å². The lowest BCUT2D eigenvalue weighted by molar-refractivity contribution is 0.0669. The fraction of sp³-hybridized carbons (Fsp3) is 0.765. The monoisotopic (exact) mass is 294 g/mol. The van der Waals surface area contributed by atoms with E-state index in [0.29, 0.717) is 0 Å². The summed E-state index contributed by atoms with van der Waals surface area (Å²) in [6.07, 6.45) is 9.21. The van der Waals surface area contributed by atoms with Crippen molar-refractivity contribution in [2.75, 3.05) is 0 Å². The first-order valence-corrected chi connectivity index (χ1v) is 10.8. The van der Waals surface area contributed by atoms with Crippen LogP contribution < -0.4 is 0 Å². The van der Waals surface area contributed by atoms with Crippen molar-refractivity contribution in [3.63, 3.8) is 0 Å². The third-order valence-electron chi connectivity index (χ3n) is 4.99. The predicted molar refractivity (Wildman–Crippen MR) is 87.3 cm³/mol. The van der Waals surface area contributed by atoms with Crippen LogP contribution in [0, 0.1) is 0 Å². The summed E-state index contributed by atoms with van der Waals surface area (Å²) in [5.41, 5.74) is 1.45. The molecule has 2 nitrogen and oxygen atoms in total. The summed E-state index contributed by atoms with van der Waals surface area (Å²) in [6.45, 7) is 13.7. The number of rotatable bonds is 3. The van der Waals surface area contributed by atoms with E-state index in [2.05, 4.69) is 52.9 Å². The van der Waals surface area contributed by atoms with Gasteiger partial charge in [-0.05, 0) is 49.5 Å². The summed E-state index contributed by atoms with van der Waals surface area (Å²) in [6, 6.07) is 0. The van der Waals surface area contributed by atoms with E-state index in [4.69, 9.17) is 9.16 Å². The molecule has 0 bridgehead atoms. The Bertz CT molecular complexity index is 415. The maximum Gasteiger partial charge on any atom is 0.192 e. The number of hydrogen-bond acceptors (Lipinski definition) is 2. The molecule has 2 aliphatic rings. The van der Waals surface area contributed by atoms with Crippen LogP contribution in [0.15, 0.2) is 23.5 Å². The average Bonchev–Trinajstić information content (AvgIpc) is 2.75. The second kappa shape index (κ2) is 5.68. The van der Waals surface area contributed by atoms with Crippen LogP contribution in [0.1, 0.15) is 53.4 Å². The molecule has 0 amide bonds. The van der Waals surface area contributed by atoms with Crippen LogP contribution in [-0.2, 0) is 9.16 Å². The van der Waals surface area contributed by atoms with Crippen LogP contribution in [0.4, 0.5) is 0 Å². The quantitative estimate of drug-likeness (QED) is 0.527. The molecule has 0 fully saturated rings. The molecule has 20 heavy (non-hydrogen) atoms. The standard InChI is InChI=1S/C17H30O2Si/c1-7-9-13-12-16(14-10-8-11-15(14)18-13)19-20(5,6)17(2,3)4/h7,9,13,16H,8,10-12H2,1-6H3/b9-7+/t13-,16+/m0/s1. The number of ether oxygens (including phenoxy) is 1. The highest BCUT2D eigenvalue weighted by molar-refractivity contribution is 6.74. The van der Waals surface area contributed by atoms with Gasteiger partial charge in [0.15, 0.2) is 8.32 Å². The van der Waals surface area contributed by atoms with Crippen molar-refractivity contribution < 1.29 is 9.16 Å². The maximum atomic E-state index is 6.70. The zero-order valence-corrected chi connectivity index (χ0v) is 15.0. The van der Waals surface area contributed by atoms with Crippen LogP contribution in [0.25, 0.3) is 0 Å². The molecule has 114 valence electrons. The molecule has 1 aliphatic carbocycles. The Balaban J connectivity index is 2.19. The largest absolute Gasteiger partial charge is 0.491 e. The van der Waals surface area contributed by atoms with Crippen molar-refractivity contribution in [3.8, 4) is 0 Å². The molecule has 0 saturated heterocycles. The molecule has 3 heteroatoms. The molecular weight excluding hydrogens is 264 g/mol. The zero-order chi connectivity index (χ0) is 15.0. The Labute approximate surface area is 125 Å². The molecule has 1 heterocycles. The first kappa shape index (κ1) is 15.8. The SMILES string of the molecule is C/C=C/[C@H]1C[C@@H](O[Si](C)(C)C(C)(C)C)C2=C(CCC2)O1. The predicted octanol–water partition coefficient (Wildman–Crippen LogP) is 5.18. The summed E-state index contributed by atoms with van der Waals surface area (Å²) >= 11 is 0. The molecule has 0 aromatic heterocycles. The van der Waals surface area contributed by atoms with Crippen molar-refractivity contribution in [2.45, 2.75) is 83.7 Å². The first-order valence-electron chi connectivity index (χ1n) is 7.94. The second-order valence-electron chi connectivity index (χ2n) is 7.59. The van der Waals surface area contributed by atoms with E-state index >= 15 is 0 Å². The highest BCUT2D eigenvalue weighted by Gasteiger charge is 2.42. The minimum Gasteiger partial charge on any atom is -0.491 e. The van der Waals surface area contributed by atoms with E-state index in [0.717, 1.165) is 19.3 Å². The summed E-state index contributed by atoms with van der Waals surface area (Å²) in [5.74, 6) is 1.23. The second-order valence-corrected chi connectivity index (χ2v) is 12.3. The van der Waals surface area contributed by atoms with Crippen molar-refractivity contribution in [3.05, 3.63) is 23.5 Å². The Morgan fingerprint density at radius 1 is 1.25 bits per heavy atom. The Morgan fingerprint density at radius 3 is 2.55 bits per heavy atom. The summed E-state index contributed by atoms with van der Waals surface area (Å²) in [4.78, 5) is 0. The van der Waals surface area contributed by atoms with E-state index in [-0.39, 0.29) is 17.2 Å². The summed E-state index contributed by atoms with van der Waals surface area (Å²) in [5, 5.41) is 0.265. The van der Waals surface area contributed by atoms with Crippen LogP contribution in [-0.4, -0.2) is 20.5 Å². The fourth-order valence-electron chi connectivity index (χ4n) is 2.78. The third-order valence-corrected chi connectivity index (χ3v) is 9.47. The highest BCUT2D eigenvalue weighted by Crippen LogP contribution is 2.43. The van der Waals surface area contributed by atoms with Gasteiger partial charge in [0.05, 0.1) is 11.9 Å². The van der Waals surface area contributed by atoms with E-state index in [1.54, 1.807) is 0 Å². The van der Waals surface area contributed by atoms with Gasteiger partial charge < -0.3 is 9.16 Å². The Kier molecular flexibility index (Phi) is 4.50. The lowest BCUT2D eigenvalue weighted by atomic mass is 10.00.